The smallest absolute Gasteiger partial charge is 0.319 e. The molecule has 1 atom stereocenters. The lowest BCUT2D eigenvalue weighted by Crippen LogP contribution is -2.45. The number of hydrogen-bond donors (Lipinski definition) is 2. The minimum Gasteiger partial charge on any atom is -0.497 e. The Kier molecular flexibility index (Phi) is 4.93. The number of hydrogen-bond acceptors (Lipinski definition) is 4. The molecule has 1 aliphatic rings. The van der Waals surface area contributed by atoms with Crippen molar-refractivity contribution < 1.29 is 19.1 Å². The van der Waals surface area contributed by atoms with Gasteiger partial charge in [0, 0.05) is 22.4 Å². The van der Waals surface area contributed by atoms with E-state index >= 15 is 0 Å². The van der Waals surface area contributed by atoms with Gasteiger partial charge in [-0.1, -0.05) is 30.3 Å². The van der Waals surface area contributed by atoms with E-state index in [1.807, 2.05) is 6.07 Å². The predicted molar refractivity (Wildman–Crippen MR) is 97.4 cm³/mol. The number of amides is 2. The lowest BCUT2D eigenvalue weighted by atomic mass is 9.89. The van der Waals surface area contributed by atoms with Crippen LogP contribution in [0, 0.1) is 0 Å². The Labute approximate surface area is 151 Å². The first-order valence-corrected chi connectivity index (χ1v) is 8.15. The summed E-state index contributed by atoms with van der Waals surface area (Å²) in [4.78, 5) is 25.2. The Balaban J connectivity index is 2.14. The molecular weight excluding hydrogens is 332 g/mol. The number of urea groups is 1. The van der Waals surface area contributed by atoms with Crippen LogP contribution in [0.3, 0.4) is 0 Å². The van der Waals surface area contributed by atoms with Crippen molar-refractivity contribution in [3.8, 4) is 11.5 Å². The summed E-state index contributed by atoms with van der Waals surface area (Å²) in [7, 11) is 3.10. The van der Waals surface area contributed by atoms with Crippen molar-refractivity contribution in [3.63, 3.8) is 0 Å². The number of methoxy groups -OCH3 is 2. The van der Waals surface area contributed by atoms with Crippen LogP contribution in [0.15, 0.2) is 59.8 Å². The molecule has 2 amide bonds. The van der Waals surface area contributed by atoms with Gasteiger partial charge in [0.15, 0.2) is 5.78 Å². The van der Waals surface area contributed by atoms with Gasteiger partial charge in [-0.2, -0.15) is 0 Å². The molecule has 2 N–H and O–H groups in total. The maximum absolute atomic E-state index is 13.1. The van der Waals surface area contributed by atoms with Gasteiger partial charge >= 0.3 is 6.03 Å². The maximum Gasteiger partial charge on any atom is 0.319 e. The van der Waals surface area contributed by atoms with Gasteiger partial charge < -0.3 is 20.1 Å². The van der Waals surface area contributed by atoms with Crippen LogP contribution in [0.1, 0.15) is 28.9 Å². The fourth-order valence-electron chi connectivity index (χ4n) is 3.04. The standard InChI is InChI=1S/C20H20N2O4/c1-12-17(19(23)13-7-5-4-6-8-13)18(22-20(24)21-12)15-11-14(25-2)9-10-16(15)26-3/h4-11,18H,1-3H3,(H2,21,22,24)/t18-/m0/s1. The average molecular weight is 352 g/mol. The summed E-state index contributed by atoms with van der Waals surface area (Å²) < 4.78 is 10.7. The summed E-state index contributed by atoms with van der Waals surface area (Å²) in [5.74, 6) is 1.01. The normalized spacial score (nSPS) is 16.6. The SMILES string of the molecule is COc1ccc(OC)c([C@@H]2NC(=O)NC(C)=C2C(=O)c2ccccc2)c1. The minimum absolute atomic E-state index is 0.162. The molecule has 0 aromatic heterocycles. The van der Waals surface area contributed by atoms with Gasteiger partial charge in [0.2, 0.25) is 0 Å². The Bertz CT molecular complexity index is 875. The molecule has 1 heterocycles. The summed E-state index contributed by atoms with van der Waals surface area (Å²) in [6, 6.07) is 13.2. The Morgan fingerprint density at radius 2 is 1.77 bits per heavy atom. The van der Waals surface area contributed by atoms with E-state index in [-0.39, 0.29) is 11.8 Å². The summed E-state index contributed by atoms with van der Waals surface area (Å²) in [5.41, 5.74) is 2.17. The van der Waals surface area contributed by atoms with Gasteiger partial charge in [0.25, 0.3) is 0 Å². The molecule has 134 valence electrons. The lowest BCUT2D eigenvalue weighted by molar-refractivity contribution is 0.102. The highest BCUT2D eigenvalue weighted by molar-refractivity contribution is 6.11. The van der Waals surface area contributed by atoms with E-state index in [2.05, 4.69) is 10.6 Å². The van der Waals surface area contributed by atoms with Gasteiger partial charge in [-0.25, -0.2) is 4.79 Å². The maximum atomic E-state index is 13.1. The molecule has 0 spiro atoms. The van der Waals surface area contributed by atoms with Crippen molar-refractivity contribution in [3.05, 3.63) is 70.9 Å². The van der Waals surface area contributed by atoms with Gasteiger partial charge in [-0.15, -0.1) is 0 Å². The third-order valence-electron chi connectivity index (χ3n) is 4.30. The molecule has 26 heavy (non-hydrogen) atoms. The second kappa shape index (κ2) is 7.31. The quantitative estimate of drug-likeness (QED) is 0.810. The molecule has 6 heteroatoms. The number of benzene rings is 2. The Morgan fingerprint density at radius 1 is 1.04 bits per heavy atom. The topological polar surface area (TPSA) is 76.7 Å². The van der Waals surface area contributed by atoms with Crippen LogP contribution < -0.4 is 20.1 Å². The molecule has 1 aliphatic heterocycles. The highest BCUT2D eigenvalue weighted by Gasteiger charge is 2.33. The molecule has 0 fully saturated rings. The van der Waals surface area contributed by atoms with Gasteiger partial charge in [0.1, 0.15) is 11.5 Å². The van der Waals surface area contributed by atoms with Gasteiger partial charge in [-0.05, 0) is 25.1 Å². The van der Waals surface area contributed by atoms with Gasteiger partial charge in [-0.3, -0.25) is 4.79 Å². The highest BCUT2D eigenvalue weighted by Crippen LogP contribution is 2.36. The van der Waals surface area contributed by atoms with Crippen molar-refractivity contribution in [1.29, 1.82) is 0 Å². The van der Waals surface area contributed by atoms with Crippen molar-refractivity contribution in [2.75, 3.05) is 14.2 Å². The third kappa shape index (κ3) is 3.26. The van der Waals surface area contributed by atoms with E-state index in [1.54, 1.807) is 63.6 Å². The minimum atomic E-state index is -0.651. The number of Topliss-reactive ketones (excluding diaryl/α,β-unsaturated/α-hetero) is 1. The summed E-state index contributed by atoms with van der Waals surface area (Å²) >= 11 is 0. The van der Waals surface area contributed by atoms with Crippen LogP contribution in [0.4, 0.5) is 4.79 Å². The molecule has 3 rings (SSSR count). The number of ketones is 1. The molecule has 6 nitrogen and oxygen atoms in total. The van der Waals surface area contributed by atoms with E-state index in [4.69, 9.17) is 9.47 Å². The second-order valence-corrected chi connectivity index (χ2v) is 5.87. The first kappa shape index (κ1) is 17.5. The van der Waals surface area contributed by atoms with Crippen molar-refractivity contribution in [2.45, 2.75) is 13.0 Å². The number of ether oxygens (including phenoxy) is 2. The molecule has 2 aromatic rings. The van der Waals surface area contributed by atoms with Crippen molar-refractivity contribution in [2.24, 2.45) is 0 Å². The molecule has 0 unspecified atom stereocenters. The van der Waals surface area contributed by atoms with Crippen LogP contribution in [0.2, 0.25) is 0 Å². The fraction of sp³-hybridized carbons (Fsp3) is 0.200. The Morgan fingerprint density at radius 3 is 2.42 bits per heavy atom. The summed E-state index contributed by atoms with van der Waals surface area (Å²) in [6.07, 6.45) is 0. The number of nitrogens with one attached hydrogen (secondary N) is 2. The van der Waals surface area contributed by atoms with Gasteiger partial charge in [0.05, 0.1) is 20.3 Å². The third-order valence-corrected chi connectivity index (χ3v) is 4.30. The van der Waals surface area contributed by atoms with Crippen LogP contribution in [0.5, 0.6) is 11.5 Å². The van der Waals surface area contributed by atoms with Crippen LogP contribution >= 0.6 is 0 Å². The highest BCUT2D eigenvalue weighted by atomic mass is 16.5. The first-order valence-electron chi connectivity index (χ1n) is 8.15. The molecular formula is C20H20N2O4. The zero-order chi connectivity index (χ0) is 18.7. The molecule has 0 saturated carbocycles. The number of carbonyl (C=O) groups is 2. The molecule has 0 radical (unpaired) electrons. The first-order chi connectivity index (χ1) is 12.5. The zero-order valence-electron chi connectivity index (χ0n) is 14.8. The van der Waals surface area contributed by atoms with E-state index in [1.165, 1.54) is 0 Å². The van der Waals surface area contributed by atoms with E-state index in [0.29, 0.717) is 33.9 Å². The summed E-state index contributed by atoms with van der Waals surface area (Å²) in [5, 5.41) is 5.51. The number of allylic oxidation sites excluding steroid dienone is 1. The average Bonchev–Trinajstić information content (AvgIpc) is 2.67. The Hall–Kier alpha value is -3.28. The monoisotopic (exact) mass is 352 g/mol. The molecule has 0 bridgehead atoms. The van der Waals surface area contributed by atoms with Crippen molar-refractivity contribution in [1.82, 2.24) is 10.6 Å². The van der Waals surface area contributed by atoms with E-state index in [0.717, 1.165) is 0 Å². The van der Waals surface area contributed by atoms with Crippen LogP contribution in [-0.2, 0) is 0 Å². The van der Waals surface area contributed by atoms with Crippen LogP contribution in [0.25, 0.3) is 0 Å². The van der Waals surface area contributed by atoms with E-state index < -0.39 is 6.04 Å². The van der Waals surface area contributed by atoms with E-state index in [9.17, 15) is 9.59 Å². The zero-order valence-corrected chi connectivity index (χ0v) is 14.8. The lowest BCUT2D eigenvalue weighted by Gasteiger charge is -2.29. The fourth-order valence-corrected chi connectivity index (χ4v) is 3.04. The molecule has 2 aromatic carbocycles. The molecule has 0 aliphatic carbocycles. The number of carbonyl (C=O) groups excluding carboxylic acids is 2. The predicted octanol–water partition coefficient (Wildman–Crippen LogP) is 3.21. The van der Waals surface area contributed by atoms with Crippen LogP contribution in [-0.4, -0.2) is 26.0 Å². The number of rotatable bonds is 5. The van der Waals surface area contributed by atoms with Crippen molar-refractivity contribution >= 4 is 11.8 Å². The second-order valence-electron chi connectivity index (χ2n) is 5.87. The molecule has 0 saturated heterocycles. The summed E-state index contributed by atoms with van der Waals surface area (Å²) in [6.45, 7) is 1.72. The largest absolute Gasteiger partial charge is 0.497 e.